The van der Waals surface area contributed by atoms with Gasteiger partial charge in [0.25, 0.3) is 0 Å². The molecule has 0 aliphatic heterocycles. The molecule has 0 bridgehead atoms. The van der Waals surface area contributed by atoms with Gasteiger partial charge < -0.3 is 4.74 Å². The van der Waals surface area contributed by atoms with Gasteiger partial charge in [-0.15, -0.1) is 0 Å². The molecule has 0 spiro atoms. The quantitative estimate of drug-likeness (QED) is 0.441. The molecule has 0 fully saturated rings. The fourth-order valence-corrected chi connectivity index (χ4v) is 1.23. The minimum atomic E-state index is 0. The molecule has 0 rings (SSSR count). The van der Waals surface area contributed by atoms with Crippen molar-refractivity contribution < 1.29 is 4.74 Å². The summed E-state index contributed by atoms with van der Waals surface area (Å²) >= 11 is 8.54. The number of thiol groups is 1. The van der Waals surface area contributed by atoms with Crippen LogP contribution >= 0.6 is 24.8 Å². The third-order valence-electron chi connectivity index (χ3n) is 1.11. The van der Waals surface area contributed by atoms with Gasteiger partial charge in [-0.25, -0.2) is 0 Å². The van der Waals surface area contributed by atoms with Crippen LogP contribution in [0, 0.1) is 5.92 Å². The average molecular weight is 218 g/mol. The molecule has 1 unspecified atom stereocenters. The predicted octanol–water partition coefficient (Wildman–Crippen LogP) is 2.00. The molecular weight excluding hydrogens is 203 g/mol. The normalized spacial score (nSPS) is 12.1. The maximum absolute atomic E-state index is 5.16. The first kappa shape index (κ1) is 15.4. The van der Waals surface area contributed by atoms with Crippen LogP contribution in [-0.2, 0) is 4.74 Å². The number of ether oxygens (including phenoxy) is 1. The average Bonchev–Trinajstić information content (AvgIpc) is 1.58. The van der Waals surface area contributed by atoms with Gasteiger partial charge in [-0.2, -0.15) is 0 Å². The Morgan fingerprint density at radius 1 is 1.45 bits per heavy atom. The summed E-state index contributed by atoms with van der Waals surface area (Å²) < 4.78 is 5.50. The van der Waals surface area contributed by atoms with Gasteiger partial charge in [0.1, 0.15) is 0 Å². The number of thiocarbonyl (C=S) groups is 1. The molecule has 0 N–H and O–H groups in total. The van der Waals surface area contributed by atoms with Crippen LogP contribution in [-0.4, -0.2) is 61.9 Å². The molecule has 0 saturated heterocycles. The van der Waals surface area contributed by atoms with Crippen LogP contribution in [0.4, 0.5) is 0 Å². The number of hydrogen-bond acceptors (Lipinski definition) is 2. The van der Waals surface area contributed by atoms with Gasteiger partial charge in [0.05, 0.1) is 6.10 Å². The summed E-state index contributed by atoms with van der Waals surface area (Å²) in [5.41, 5.74) is 0. The van der Waals surface area contributed by atoms with E-state index in [0.717, 1.165) is 6.42 Å². The van der Waals surface area contributed by atoms with Crippen molar-refractivity contribution in [1.29, 1.82) is 0 Å². The first-order valence-corrected chi connectivity index (χ1v) is 4.27. The molecular formula is C7H15KOS2. The van der Waals surface area contributed by atoms with Crippen molar-refractivity contribution in [2.45, 2.75) is 33.3 Å². The number of rotatable bonds is 3. The van der Waals surface area contributed by atoms with Crippen LogP contribution in [0.15, 0.2) is 0 Å². The molecule has 0 radical (unpaired) electrons. The molecule has 11 heavy (non-hydrogen) atoms. The standard InChI is InChI=1S/C7H14OS2.K.H/c1-5(2)4-6(3)8-7(9)10;;/h5-6H,4H2,1-3H3,(H,9,10);;. The molecule has 0 aromatic rings. The van der Waals surface area contributed by atoms with Crippen molar-refractivity contribution in [1.82, 2.24) is 0 Å². The second kappa shape index (κ2) is 8.47. The summed E-state index contributed by atoms with van der Waals surface area (Å²) in [6, 6.07) is 0. The van der Waals surface area contributed by atoms with Crippen LogP contribution in [0.1, 0.15) is 27.2 Å². The van der Waals surface area contributed by atoms with Gasteiger partial charge in [0.15, 0.2) is 0 Å². The molecule has 0 amide bonds. The molecule has 1 nitrogen and oxygen atoms in total. The van der Waals surface area contributed by atoms with Crippen molar-refractivity contribution >= 4 is 80.6 Å². The fraction of sp³-hybridized carbons (Fsp3) is 0.857. The summed E-state index contributed by atoms with van der Waals surface area (Å²) in [5.74, 6) is 0.651. The summed E-state index contributed by atoms with van der Waals surface area (Å²) in [6.45, 7) is 6.31. The van der Waals surface area contributed by atoms with E-state index in [0.29, 0.717) is 10.3 Å². The third kappa shape index (κ3) is 11.9. The molecule has 0 aliphatic rings. The van der Waals surface area contributed by atoms with Crippen molar-refractivity contribution in [3.63, 3.8) is 0 Å². The van der Waals surface area contributed by atoms with Gasteiger partial charge in [-0.05, 0) is 31.5 Å². The summed E-state index contributed by atoms with van der Waals surface area (Å²) in [5, 5.41) is 0. The first-order valence-electron chi connectivity index (χ1n) is 3.42. The van der Waals surface area contributed by atoms with Crippen LogP contribution in [0.25, 0.3) is 0 Å². The van der Waals surface area contributed by atoms with Crippen LogP contribution in [0.3, 0.4) is 0 Å². The maximum atomic E-state index is 5.16. The van der Waals surface area contributed by atoms with Gasteiger partial charge in [-0.3, -0.25) is 0 Å². The second-order valence-electron chi connectivity index (χ2n) is 2.82. The van der Waals surface area contributed by atoms with Crippen LogP contribution in [0.2, 0.25) is 0 Å². The van der Waals surface area contributed by atoms with Crippen molar-refractivity contribution in [3.8, 4) is 0 Å². The van der Waals surface area contributed by atoms with E-state index < -0.39 is 0 Å². The summed E-state index contributed by atoms with van der Waals surface area (Å²) in [6.07, 6.45) is 1.23. The van der Waals surface area contributed by atoms with E-state index in [1.807, 2.05) is 6.92 Å². The Bertz CT molecular complexity index is 117. The molecule has 0 aromatic heterocycles. The topological polar surface area (TPSA) is 9.23 Å². The SMILES string of the molecule is CC(C)CC(C)OC(=S)S.[KH]. The molecule has 0 heterocycles. The number of hydrogen-bond donors (Lipinski definition) is 1. The van der Waals surface area contributed by atoms with E-state index in [1.54, 1.807) is 0 Å². The van der Waals surface area contributed by atoms with E-state index in [4.69, 9.17) is 4.74 Å². The zero-order valence-electron chi connectivity index (χ0n) is 6.63. The van der Waals surface area contributed by atoms with E-state index >= 15 is 0 Å². The van der Waals surface area contributed by atoms with Crippen molar-refractivity contribution in [2.75, 3.05) is 0 Å². The van der Waals surface area contributed by atoms with Gasteiger partial charge in [0, 0.05) is 0 Å². The third-order valence-corrected chi connectivity index (χ3v) is 1.31. The Kier molecular flexibility index (Phi) is 11.8. The molecule has 1 atom stereocenters. The Labute approximate surface area is 122 Å². The van der Waals surface area contributed by atoms with Gasteiger partial charge in [0.2, 0.25) is 4.38 Å². The van der Waals surface area contributed by atoms with Gasteiger partial charge >= 0.3 is 51.4 Å². The zero-order chi connectivity index (χ0) is 8.15. The van der Waals surface area contributed by atoms with Crippen molar-refractivity contribution in [3.05, 3.63) is 0 Å². The molecule has 4 heteroatoms. The Morgan fingerprint density at radius 3 is 2.18 bits per heavy atom. The van der Waals surface area contributed by atoms with E-state index in [2.05, 4.69) is 38.7 Å². The van der Waals surface area contributed by atoms with E-state index in [1.165, 1.54) is 0 Å². The fourth-order valence-electron chi connectivity index (χ4n) is 0.884. The molecule has 0 aliphatic carbocycles. The van der Waals surface area contributed by atoms with E-state index in [9.17, 15) is 0 Å². The monoisotopic (exact) mass is 218 g/mol. The first-order chi connectivity index (χ1) is 4.52. The van der Waals surface area contributed by atoms with Crippen LogP contribution in [0.5, 0.6) is 0 Å². The Balaban J connectivity index is 0. The zero-order valence-corrected chi connectivity index (χ0v) is 8.34. The van der Waals surface area contributed by atoms with Crippen molar-refractivity contribution in [2.24, 2.45) is 5.92 Å². The molecule has 0 aromatic carbocycles. The molecule has 62 valence electrons. The minimum absolute atomic E-state index is 0. The molecule has 0 saturated carbocycles. The Hall–Kier alpha value is 1.88. The van der Waals surface area contributed by atoms with E-state index in [-0.39, 0.29) is 57.5 Å². The van der Waals surface area contributed by atoms with Gasteiger partial charge in [-0.1, -0.05) is 26.5 Å². The Morgan fingerprint density at radius 2 is 1.91 bits per heavy atom. The summed E-state index contributed by atoms with van der Waals surface area (Å²) in [4.78, 5) is 0. The van der Waals surface area contributed by atoms with Crippen LogP contribution < -0.4 is 0 Å². The summed E-state index contributed by atoms with van der Waals surface area (Å²) in [7, 11) is 0. The predicted molar refractivity (Wildman–Crippen MR) is 58.7 cm³/mol. The second-order valence-corrected chi connectivity index (χ2v) is 3.90.